The summed E-state index contributed by atoms with van der Waals surface area (Å²) in [6, 6.07) is 3.26. The summed E-state index contributed by atoms with van der Waals surface area (Å²) < 4.78 is 5.36. The molecule has 1 atom stereocenters. The third kappa shape index (κ3) is 4.38. The number of aromatic hydroxyl groups is 1. The Labute approximate surface area is 133 Å². The van der Waals surface area contributed by atoms with Gasteiger partial charge in [-0.25, -0.2) is 0 Å². The smallest absolute Gasteiger partial charge is 0.312 e. The monoisotopic (exact) mass is 324 g/mol. The van der Waals surface area contributed by atoms with E-state index in [1.54, 1.807) is 0 Å². The first kappa shape index (κ1) is 17.1. The normalized spacial score (nSPS) is 18.8. The summed E-state index contributed by atoms with van der Waals surface area (Å²) in [6.45, 7) is 2.06. The molecule has 23 heavy (non-hydrogen) atoms. The van der Waals surface area contributed by atoms with E-state index in [0.717, 1.165) is 6.07 Å². The molecule has 0 bridgehead atoms. The number of phenols is 1. The summed E-state index contributed by atoms with van der Waals surface area (Å²) in [5.41, 5.74) is -0.192. The van der Waals surface area contributed by atoms with Crippen LogP contribution in [0, 0.1) is 10.1 Å². The van der Waals surface area contributed by atoms with E-state index in [1.165, 1.54) is 12.1 Å². The highest BCUT2D eigenvalue weighted by molar-refractivity contribution is 5.95. The fraction of sp³-hybridized carbons (Fsp3) is 0.500. The quantitative estimate of drug-likeness (QED) is 0.460. The van der Waals surface area contributed by atoms with Gasteiger partial charge < -0.3 is 15.2 Å². The predicted molar refractivity (Wildman–Crippen MR) is 83.3 cm³/mol. The topological polar surface area (TPSA) is 108 Å². The first-order chi connectivity index (χ1) is 10.9. The lowest BCUT2D eigenvalue weighted by atomic mass is 10.2. The van der Waals surface area contributed by atoms with Crippen molar-refractivity contribution in [1.29, 1.82) is 0 Å². The van der Waals surface area contributed by atoms with E-state index in [2.05, 4.69) is 5.32 Å². The molecule has 2 rings (SSSR count). The van der Waals surface area contributed by atoms with Crippen LogP contribution in [0.1, 0.15) is 0 Å². The number of carbonyl (C=O) groups is 1. The van der Waals surface area contributed by atoms with Gasteiger partial charge >= 0.3 is 5.69 Å². The van der Waals surface area contributed by atoms with E-state index in [-0.39, 0.29) is 18.2 Å². The molecule has 1 aromatic carbocycles. The van der Waals surface area contributed by atoms with Crippen molar-refractivity contribution in [3.63, 3.8) is 0 Å². The number of benzene rings is 1. The summed E-state index contributed by atoms with van der Waals surface area (Å²) >= 11 is 0. The zero-order valence-electron chi connectivity index (χ0n) is 13.1. The van der Waals surface area contributed by atoms with Crippen LogP contribution in [0.3, 0.4) is 0 Å². The number of nitro benzene ring substituents is 1. The van der Waals surface area contributed by atoms with Gasteiger partial charge in [0.25, 0.3) is 0 Å². The van der Waals surface area contributed by atoms with Crippen LogP contribution < -0.4 is 5.32 Å². The predicted octanol–water partition coefficient (Wildman–Crippen LogP) is 0.459. The summed E-state index contributed by atoms with van der Waals surface area (Å²) in [7, 11) is 3.82. The molecule has 9 nitrogen and oxygen atoms in total. The van der Waals surface area contributed by atoms with Crippen LogP contribution >= 0.6 is 0 Å². The molecule has 9 heteroatoms. The molecule has 0 spiro atoms. The first-order valence-electron chi connectivity index (χ1n) is 7.13. The second kappa shape index (κ2) is 7.36. The highest BCUT2D eigenvalue weighted by atomic mass is 16.6. The standard InChI is InChI=1S/C14H20N4O5/c1-16(2)9-17-5-6-23-8-12(17)14(20)15-10-3-4-13(19)11(7-10)18(21)22/h3-4,7,12,19H,5-6,8-9H2,1-2H3,(H,15,20). The molecule has 1 unspecified atom stereocenters. The van der Waals surface area contributed by atoms with Gasteiger partial charge in [0.05, 0.1) is 24.8 Å². The van der Waals surface area contributed by atoms with Crippen molar-refractivity contribution < 1.29 is 19.6 Å². The van der Waals surface area contributed by atoms with Crippen molar-refractivity contribution in [1.82, 2.24) is 9.80 Å². The third-order valence-electron chi connectivity index (χ3n) is 3.45. The van der Waals surface area contributed by atoms with Gasteiger partial charge in [0.15, 0.2) is 5.75 Å². The lowest BCUT2D eigenvalue weighted by Crippen LogP contribution is -2.54. The van der Waals surface area contributed by atoms with Crippen molar-refractivity contribution in [2.24, 2.45) is 0 Å². The number of nitrogens with one attached hydrogen (secondary N) is 1. The molecule has 1 saturated heterocycles. The minimum Gasteiger partial charge on any atom is -0.502 e. The summed E-state index contributed by atoms with van der Waals surface area (Å²) in [6.07, 6.45) is 0. The van der Waals surface area contributed by atoms with Gasteiger partial charge in [-0.15, -0.1) is 0 Å². The van der Waals surface area contributed by atoms with Crippen LogP contribution in [0.5, 0.6) is 5.75 Å². The molecule has 1 aromatic rings. The van der Waals surface area contributed by atoms with Gasteiger partial charge in [-0.05, 0) is 26.2 Å². The number of phenolic OH excluding ortho intramolecular Hbond substituents is 1. The lowest BCUT2D eigenvalue weighted by molar-refractivity contribution is -0.385. The Morgan fingerprint density at radius 1 is 1.57 bits per heavy atom. The second-order valence-electron chi connectivity index (χ2n) is 5.57. The summed E-state index contributed by atoms with van der Waals surface area (Å²) in [4.78, 5) is 26.5. The van der Waals surface area contributed by atoms with E-state index in [1.807, 2.05) is 23.9 Å². The fourth-order valence-corrected chi connectivity index (χ4v) is 2.39. The molecule has 0 saturated carbocycles. The molecule has 126 valence electrons. The number of nitrogens with zero attached hydrogens (tertiary/aromatic N) is 3. The zero-order chi connectivity index (χ0) is 17.0. The number of hydrogen-bond acceptors (Lipinski definition) is 7. The van der Waals surface area contributed by atoms with E-state index in [4.69, 9.17) is 4.74 Å². The fourth-order valence-electron chi connectivity index (χ4n) is 2.39. The van der Waals surface area contributed by atoms with Crippen molar-refractivity contribution in [3.8, 4) is 5.75 Å². The van der Waals surface area contributed by atoms with Gasteiger partial charge in [-0.3, -0.25) is 24.7 Å². The zero-order valence-corrected chi connectivity index (χ0v) is 13.1. The van der Waals surface area contributed by atoms with Crippen LogP contribution in [0.2, 0.25) is 0 Å². The Bertz CT molecular complexity index is 593. The summed E-state index contributed by atoms with van der Waals surface area (Å²) in [5.74, 6) is -0.741. The van der Waals surface area contributed by atoms with Crippen LogP contribution in [0.4, 0.5) is 11.4 Å². The number of anilines is 1. The van der Waals surface area contributed by atoms with E-state index >= 15 is 0 Å². The molecule has 1 aliphatic heterocycles. The van der Waals surface area contributed by atoms with Crippen molar-refractivity contribution in [2.75, 3.05) is 45.8 Å². The maximum atomic E-state index is 12.4. The van der Waals surface area contributed by atoms with E-state index in [9.17, 15) is 20.0 Å². The van der Waals surface area contributed by atoms with Crippen molar-refractivity contribution in [2.45, 2.75) is 6.04 Å². The third-order valence-corrected chi connectivity index (χ3v) is 3.45. The number of ether oxygens (including phenoxy) is 1. The van der Waals surface area contributed by atoms with Gasteiger partial charge in [-0.2, -0.15) is 0 Å². The number of morpholine rings is 1. The number of nitro groups is 1. The minimum atomic E-state index is -0.701. The largest absolute Gasteiger partial charge is 0.502 e. The Morgan fingerprint density at radius 3 is 2.96 bits per heavy atom. The molecular formula is C14H20N4O5. The number of amides is 1. The molecule has 2 N–H and O–H groups in total. The molecule has 0 aliphatic carbocycles. The van der Waals surface area contributed by atoms with Crippen LogP contribution in [0.25, 0.3) is 0 Å². The number of hydrogen-bond donors (Lipinski definition) is 2. The molecular weight excluding hydrogens is 304 g/mol. The van der Waals surface area contributed by atoms with Gasteiger partial charge in [0, 0.05) is 18.3 Å². The lowest BCUT2D eigenvalue weighted by Gasteiger charge is -2.36. The minimum absolute atomic E-state index is 0.259. The Morgan fingerprint density at radius 2 is 2.30 bits per heavy atom. The SMILES string of the molecule is CN(C)CN1CCOCC1C(=O)Nc1ccc(O)c([N+](=O)[O-])c1. The molecule has 1 heterocycles. The van der Waals surface area contributed by atoms with Gasteiger partial charge in [-0.1, -0.05) is 0 Å². The van der Waals surface area contributed by atoms with Crippen molar-refractivity contribution in [3.05, 3.63) is 28.3 Å². The average Bonchev–Trinajstić information content (AvgIpc) is 2.48. The average molecular weight is 324 g/mol. The molecule has 1 amide bonds. The highest BCUT2D eigenvalue weighted by Crippen LogP contribution is 2.28. The maximum Gasteiger partial charge on any atom is 0.312 e. The van der Waals surface area contributed by atoms with Crippen LogP contribution in [-0.2, 0) is 9.53 Å². The molecule has 1 fully saturated rings. The summed E-state index contributed by atoms with van der Waals surface area (Å²) in [5, 5.41) is 22.9. The number of carbonyl (C=O) groups excluding carboxylic acids is 1. The van der Waals surface area contributed by atoms with E-state index in [0.29, 0.717) is 19.8 Å². The second-order valence-corrected chi connectivity index (χ2v) is 5.57. The van der Waals surface area contributed by atoms with Gasteiger partial charge in [0.2, 0.25) is 5.91 Å². The van der Waals surface area contributed by atoms with Gasteiger partial charge in [0.1, 0.15) is 6.04 Å². The van der Waals surface area contributed by atoms with Crippen molar-refractivity contribution >= 4 is 17.3 Å². The molecule has 0 aromatic heterocycles. The van der Waals surface area contributed by atoms with Crippen LogP contribution in [0.15, 0.2) is 18.2 Å². The number of rotatable bonds is 5. The molecule has 1 aliphatic rings. The van der Waals surface area contributed by atoms with Crippen LogP contribution in [-0.4, -0.2) is 72.3 Å². The molecule has 0 radical (unpaired) electrons. The Balaban J connectivity index is 2.11. The Hall–Kier alpha value is -2.23. The Kier molecular flexibility index (Phi) is 5.48. The first-order valence-corrected chi connectivity index (χ1v) is 7.13. The van der Waals surface area contributed by atoms with E-state index < -0.39 is 22.4 Å². The maximum absolute atomic E-state index is 12.4. The highest BCUT2D eigenvalue weighted by Gasteiger charge is 2.30.